The Bertz CT molecular complexity index is 666. The highest BCUT2D eigenvalue weighted by molar-refractivity contribution is 6.30. The predicted octanol–water partition coefficient (Wildman–Crippen LogP) is 2.69. The standard InChI is InChI=1S/C14H14ClN3O3/c1-19-13-14(20-2)18-10(6-16-13)11-7-21-12-5-8(15)3-4-9(12)17-11/h3-6,11,17H,7H2,1-2H3. The number of ether oxygens (including phenoxy) is 3. The van der Waals surface area contributed by atoms with Crippen molar-refractivity contribution in [1.82, 2.24) is 9.97 Å². The molecule has 1 N–H and O–H groups in total. The van der Waals surface area contributed by atoms with Crippen LogP contribution in [0.1, 0.15) is 11.7 Å². The molecule has 2 aromatic rings. The molecular formula is C14H14ClN3O3. The van der Waals surface area contributed by atoms with E-state index < -0.39 is 0 Å². The van der Waals surface area contributed by atoms with E-state index in [9.17, 15) is 0 Å². The molecule has 21 heavy (non-hydrogen) atoms. The third-order valence-electron chi connectivity index (χ3n) is 3.15. The van der Waals surface area contributed by atoms with Gasteiger partial charge in [-0.2, -0.15) is 0 Å². The Kier molecular flexibility index (Phi) is 3.70. The molecule has 1 aromatic heterocycles. The van der Waals surface area contributed by atoms with E-state index in [0.717, 1.165) is 11.4 Å². The second kappa shape index (κ2) is 5.65. The summed E-state index contributed by atoms with van der Waals surface area (Å²) in [4.78, 5) is 8.58. The van der Waals surface area contributed by atoms with Crippen LogP contribution in [0.4, 0.5) is 5.69 Å². The van der Waals surface area contributed by atoms with Crippen LogP contribution in [0, 0.1) is 0 Å². The Hall–Kier alpha value is -2.21. The van der Waals surface area contributed by atoms with E-state index in [4.69, 9.17) is 25.8 Å². The predicted molar refractivity (Wildman–Crippen MR) is 78.4 cm³/mol. The molecule has 0 bridgehead atoms. The molecule has 3 rings (SSSR count). The molecule has 1 unspecified atom stereocenters. The van der Waals surface area contributed by atoms with Gasteiger partial charge in [0.25, 0.3) is 11.8 Å². The molecule has 1 aromatic carbocycles. The third-order valence-corrected chi connectivity index (χ3v) is 3.39. The van der Waals surface area contributed by atoms with Gasteiger partial charge in [-0.15, -0.1) is 0 Å². The SMILES string of the molecule is COc1ncc(C2COc3cc(Cl)ccc3N2)nc1OC. The molecule has 0 fully saturated rings. The van der Waals surface area contributed by atoms with Crippen molar-refractivity contribution in [3.63, 3.8) is 0 Å². The number of anilines is 1. The molecule has 7 heteroatoms. The highest BCUT2D eigenvalue weighted by Crippen LogP contribution is 2.35. The van der Waals surface area contributed by atoms with Crippen molar-refractivity contribution < 1.29 is 14.2 Å². The van der Waals surface area contributed by atoms with Crippen LogP contribution in [-0.4, -0.2) is 30.8 Å². The van der Waals surface area contributed by atoms with Gasteiger partial charge in [0, 0.05) is 11.1 Å². The summed E-state index contributed by atoms with van der Waals surface area (Å²) < 4.78 is 16.0. The normalized spacial score (nSPS) is 16.4. The smallest absolute Gasteiger partial charge is 0.278 e. The number of hydrogen-bond acceptors (Lipinski definition) is 6. The van der Waals surface area contributed by atoms with Gasteiger partial charge in [-0.3, -0.25) is 0 Å². The number of benzene rings is 1. The third kappa shape index (κ3) is 2.67. The van der Waals surface area contributed by atoms with Gasteiger partial charge < -0.3 is 19.5 Å². The van der Waals surface area contributed by atoms with Gasteiger partial charge in [0.05, 0.1) is 31.8 Å². The lowest BCUT2D eigenvalue weighted by Crippen LogP contribution is -2.25. The van der Waals surface area contributed by atoms with Crippen molar-refractivity contribution in [3.8, 4) is 17.5 Å². The Morgan fingerprint density at radius 2 is 2.10 bits per heavy atom. The maximum atomic E-state index is 5.94. The fraction of sp³-hybridized carbons (Fsp3) is 0.286. The first-order valence-corrected chi connectivity index (χ1v) is 6.73. The minimum atomic E-state index is -0.119. The lowest BCUT2D eigenvalue weighted by atomic mass is 10.1. The lowest BCUT2D eigenvalue weighted by molar-refractivity contribution is 0.281. The van der Waals surface area contributed by atoms with E-state index in [1.54, 1.807) is 18.3 Å². The first-order chi connectivity index (χ1) is 10.2. The number of nitrogens with zero attached hydrogens (tertiary/aromatic N) is 2. The summed E-state index contributed by atoms with van der Waals surface area (Å²) in [5, 5.41) is 3.99. The van der Waals surface area contributed by atoms with Crippen molar-refractivity contribution >= 4 is 17.3 Å². The van der Waals surface area contributed by atoms with Gasteiger partial charge in [-0.05, 0) is 12.1 Å². The molecular weight excluding hydrogens is 294 g/mol. The summed E-state index contributed by atoms with van der Waals surface area (Å²) in [5.74, 6) is 1.43. The first kappa shape index (κ1) is 13.8. The van der Waals surface area contributed by atoms with Gasteiger partial charge in [0.1, 0.15) is 18.4 Å². The summed E-state index contributed by atoms with van der Waals surface area (Å²) >= 11 is 5.94. The monoisotopic (exact) mass is 307 g/mol. The summed E-state index contributed by atoms with van der Waals surface area (Å²) in [7, 11) is 3.05. The summed E-state index contributed by atoms with van der Waals surface area (Å²) in [6, 6.07) is 5.34. The van der Waals surface area contributed by atoms with Crippen molar-refractivity contribution in [1.29, 1.82) is 0 Å². The Balaban J connectivity index is 1.87. The maximum Gasteiger partial charge on any atom is 0.278 e. The summed E-state index contributed by atoms with van der Waals surface area (Å²) in [6.45, 7) is 0.428. The summed E-state index contributed by atoms with van der Waals surface area (Å²) in [5.41, 5.74) is 1.58. The zero-order valence-corrected chi connectivity index (χ0v) is 12.3. The van der Waals surface area contributed by atoms with Crippen LogP contribution >= 0.6 is 11.6 Å². The number of rotatable bonds is 3. The molecule has 6 nitrogen and oxygen atoms in total. The average molecular weight is 308 g/mol. The van der Waals surface area contributed by atoms with Crippen molar-refractivity contribution in [2.75, 3.05) is 26.1 Å². The van der Waals surface area contributed by atoms with Gasteiger partial charge in [0.15, 0.2) is 0 Å². The average Bonchev–Trinajstić information content (AvgIpc) is 2.53. The number of nitrogens with one attached hydrogen (secondary N) is 1. The Morgan fingerprint density at radius 1 is 1.29 bits per heavy atom. The zero-order chi connectivity index (χ0) is 14.8. The summed E-state index contributed by atoms with van der Waals surface area (Å²) in [6.07, 6.45) is 1.64. The van der Waals surface area contributed by atoms with E-state index in [1.165, 1.54) is 14.2 Å². The molecule has 0 aliphatic carbocycles. The quantitative estimate of drug-likeness (QED) is 0.940. The van der Waals surface area contributed by atoms with Crippen LogP contribution in [-0.2, 0) is 0 Å². The van der Waals surface area contributed by atoms with E-state index >= 15 is 0 Å². The highest BCUT2D eigenvalue weighted by atomic mass is 35.5. The molecule has 2 heterocycles. The fourth-order valence-corrected chi connectivity index (χ4v) is 2.27. The van der Waals surface area contributed by atoms with Gasteiger partial charge >= 0.3 is 0 Å². The van der Waals surface area contributed by atoms with Gasteiger partial charge in [-0.25, -0.2) is 9.97 Å². The van der Waals surface area contributed by atoms with Crippen LogP contribution in [0.3, 0.4) is 0 Å². The number of hydrogen-bond donors (Lipinski definition) is 1. The van der Waals surface area contributed by atoms with Crippen molar-refractivity contribution in [2.45, 2.75) is 6.04 Å². The van der Waals surface area contributed by atoms with Crippen molar-refractivity contribution in [2.24, 2.45) is 0 Å². The molecule has 0 saturated heterocycles. The first-order valence-electron chi connectivity index (χ1n) is 6.35. The van der Waals surface area contributed by atoms with Crippen LogP contribution < -0.4 is 19.5 Å². The molecule has 110 valence electrons. The molecule has 1 atom stereocenters. The fourth-order valence-electron chi connectivity index (χ4n) is 2.11. The zero-order valence-electron chi connectivity index (χ0n) is 11.6. The number of methoxy groups -OCH3 is 2. The highest BCUT2D eigenvalue weighted by Gasteiger charge is 2.23. The molecule has 0 amide bonds. The topological polar surface area (TPSA) is 65.5 Å². The van der Waals surface area contributed by atoms with Gasteiger partial charge in [-0.1, -0.05) is 11.6 Å². The Morgan fingerprint density at radius 3 is 2.86 bits per heavy atom. The van der Waals surface area contributed by atoms with Crippen LogP contribution in [0.5, 0.6) is 17.5 Å². The molecule has 1 aliphatic rings. The van der Waals surface area contributed by atoms with E-state index in [0.29, 0.717) is 29.1 Å². The Labute approximate surface area is 127 Å². The van der Waals surface area contributed by atoms with Crippen molar-refractivity contribution in [3.05, 3.63) is 35.1 Å². The second-order valence-electron chi connectivity index (χ2n) is 4.46. The molecule has 0 spiro atoms. The number of aromatic nitrogens is 2. The number of fused-ring (bicyclic) bond motifs is 1. The van der Waals surface area contributed by atoms with E-state index in [-0.39, 0.29) is 6.04 Å². The lowest BCUT2D eigenvalue weighted by Gasteiger charge is -2.27. The van der Waals surface area contributed by atoms with Crippen LogP contribution in [0.2, 0.25) is 5.02 Å². The van der Waals surface area contributed by atoms with E-state index in [2.05, 4.69) is 15.3 Å². The van der Waals surface area contributed by atoms with E-state index in [1.807, 2.05) is 6.07 Å². The van der Waals surface area contributed by atoms with Crippen LogP contribution in [0.25, 0.3) is 0 Å². The second-order valence-corrected chi connectivity index (χ2v) is 4.90. The molecule has 0 radical (unpaired) electrons. The van der Waals surface area contributed by atoms with Gasteiger partial charge in [0.2, 0.25) is 0 Å². The maximum absolute atomic E-state index is 5.94. The minimum Gasteiger partial charge on any atom is -0.489 e. The minimum absolute atomic E-state index is 0.119. The van der Waals surface area contributed by atoms with Crippen LogP contribution in [0.15, 0.2) is 24.4 Å². The molecule has 1 aliphatic heterocycles. The largest absolute Gasteiger partial charge is 0.489 e. The molecule has 0 saturated carbocycles. The number of halogens is 1.